The summed E-state index contributed by atoms with van der Waals surface area (Å²) in [5.74, 6) is 1.11. The van der Waals surface area contributed by atoms with Crippen LogP contribution in [-0.4, -0.2) is 39.0 Å². The van der Waals surface area contributed by atoms with E-state index in [0.29, 0.717) is 18.9 Å². The molecule has 2 N–H and O–H groups in total. The minimum atomic E-state index is -2.88. The van der Waals surface area contributed by atoms with E-state index in [0.717, 1.165) is 0 Å². The second-order valence-corrected chi connectivity index (χ2v) is 8.28. The van der Waals surface area contributed by atoms with Crippen molar-refractivity contribution in [2.24, 2.45) is 4.99 Å². The first kappa shape index (κ1) is 16.8. The second kappa shape index (κ2) is 6.69. The highest BCUT2D eigenvalue weighted by Crippen LogP contribution is 2.16. The number of nitrogens with zero attached hydrogens (tertiary/aromatic N) is 1. The summed E-state index contributed by atoms with van der Waals surface area (Å²) in [7, 11) is -1.18. The van der Waals surface area contributed by atoms with Gasteiger partial charge in [-0.2, -0.15) is 0 Å². The Kier molecular flexibility index (Phi) is 5.11. The SMILES string of the molecule is CN=C(NCc1c(C)cc(C)cc1C)NC1CCS(=O)(=O)C1. The molecule has 1 aromatic carbocycles. The van der Waals surface area contributed by atoms with Gasteiger partial charge in [-0.3, -0.25) is 4.99 Å². The minimum absolute atomic E-state index is 0.0450. The summed E-state index contributed by atoms with van der Waals surface area (Å²) in [4.78, 5) is 4.19. The van der Waals surface area contributed by atoms with E-state index in [-0.39, 0.29) is 17.5 Å². The third kappa shape index (κ3) is 4.22. The van der Waals surface area contributed by atoms with Gasteiger partial charge in [0.2, 0.25) is 0 Å². The molecule has 0 amide bonds. The molecule has 2 rings (SSSR count). The predicted molar refractivity (Wildman–Crippen MR) is 91.0 cm³/mol. The van der Waals surface area contributed by atoms with E-state index in [4.69, 9.17) is 0 Å². The molecular formula is C16H25N3O2S. The Bertz CT molecular complexity index is 658. The molecule has 1 heterocycles. The molecule has 1 aromatic rings. The summed E-state index contributed by atoms with van der Waals surface area (Å²) in [6.07, 6.45) is 0.644. The molecule has 0 radical (unpaired) electrons. The van der Waals surface area contributed by atoms with Crippen LogP contribution in [0, 0.1) is 20.8 Å². The molecule has 0 aliphatic carbocycles. The maximum absolute atomic E-state index is 11.5. The Morgan fingerprint density at radius 2 is 1.91 bits per heavy atom. The number of hydrogen-bond donors (Lipinski definition) is 2. The van der Waals surface area contributed by atoms with Crippen LogP contribution >= 0.6 is 0 Å². The van der Waals surface area contributed by atoms with Crippen molar-refractivity contribution in [1.82, 2.24) is 10.6 Å². The van der Waals surface area contributed by atoms with Crippen LogP contribution < -0.4 is 10.6 Å². The average Bonchev–Trinajstić information content (AvgIpc) is 2.75. The number of hydrogen-bond acceptors (Lipinski definition) is 3. The fourth-order valence-electron chi connectivity index (χ4n) is 2.96. The number of aliphatic imine (C=N–C) groups is 1. The van der Waals surface area contributed by atoms with Gasteiger partial charge in [-0.25, -0.2) is 8.42 Å². The van der Waals surface area contributed by atoms with Gasteiger partial charge in [-0.15, -0.1) is 0 Å². The van der Waals surface area contributed by atoms with Gasteiger partial charge in [0.15, 0.2) is 15.8 Å². The number of sulfone groups is 1. The lowest BCUT2D eigenvalue weighted by molar-refractivity contribution is 0.599. The minimum Gasteiger partial charge on any atom is -0.353 e. The van der Waals surface area contributed by atoms with E-state index in [1.54, 1.807) is 7.05 Å². The van der Waals surface area contributed by atoms with Gasteiger partial charge < -0.3 is 10.6 Å². The maximum Gasteiger partial charge on any atom is 0.191 e. The van der Waals surface area contributed by atoms with Gasteiger partial charge in [-0.05, 0) is 43.9 Å². The zero-order valence-corrected chi connectivity index (χ0v) is 14.5. The van der Waals surface area contributed by atoms with Crippen molar-refractivity contribution in [3.63, 3.8) is 0 Å². The van der Waals surface area contributed by atoms with Crippen LogP contribution in [0.4, 0.5) is 0 Å². The smallest absolute Gasteiger partial charge is 0.191 e. The van der Waals surface area contributed by atoms with Crippen molar-refractivity contribution in [2.45, 2.75) is 39.8 Å². The molecule has 1 fully saturated rings. The molecule has 1 atom stereocenters. The Morgan fingerprint density at radius 1 is 1.27 bits per heavy atom. The largest absolute Gasteiger partial charge is 0.353 e. The Hall–Kier alpha value is -1.56. The lowest BCUT2D eigenvalue weighted by Crippen LogP contribution is -2.43. The molecule has 122 valence electrons. The Morgan fingerprint density at radius 3 is 2.41 bits per heavy atom. The quantitative estimate of drug-likeness (QED) is 0.653. The van der Waals surface area contributed by atoms with E-state index in [1.165, 1.54) is 22.3 Å². The highest BCUT2D eigenvalue weighted by molar-refractivity contribution is 7.91. The van der Waals surface area contributed by atoms with Gasteiger partial charge in [0, 0.05) is 19.6 Å². The van der Waals surface area contributed by atoms with Gasteiger partial charge in [-0.1, -0.05) is 17.7 Å². The molecule has 1 aliphatic heterocycles. The molecule has 6 heteroatoms. The van der Waals surface area contributed by atoms with Crippen molar-refractivity contribution >= 4 is 15.8 Å². The molecule has 5 nitrogen and oxygen atoms in total. The number of benzene rings is 1. The summed E-state index contributed by atoms with van der Waals surface area (Å²) in [6, 6.07) is 4.30. The number of rotatable bonds is 3. The number of nitrogens with one attached hydrogen (secondary N) is 2. The van der Waals surface area contributed by atoms with Gasteiger partial charge >= 0.3 is 0 Å². The highest BCUT2D eigenvalue weighted by atomic mass is 32.2. The summed E-state index contributed by atoms with van der Waals surface area (Å²) < 4.78 is 23.0. The normalized spacial score (nSPS) is 20.9. The molecule has 0 aromatic heterocycles. The van der Waals surface area contributed by atoms with E-state index >= 15 is 0 Å². The van der Waals surface area contributed by atoms with E-state index < -0.39 is 9.84 Å². The third-order valence-electron chi connectivity index (χ3n) is 4.07. The maximum atomic E-state index is 11.5. The molecule has 0 saturated carbocycles. The van der Waals surface area contributed by atoms with Crippen LogP contribution in [0.1, 0.15) is 28.7 Å². The summed E-state index contributed by atoms with van der Waals surface area (Å²) in [5.41, 5.74) is 5.03. The molecular weight excluding hydrogens is 298 g/mol. The molecule has 22 heavy (non-hydrogen) atoms. The van der Waals surface area contributed by atoms with Crippen LogP contribution in [0.2, 0.25) is 0 Å². The zero-order chi connectivity index (χ0) is 16.3. The van der Waals surface area contributed by atoms with Crippen molar-refractivity contribution in [3.8, 4) is 0 Å². The van der Waals surface area contributed by atoms with Crippen LogP contribution in [0.3, 0.4) is 0 Å². The van der Waals surface area contributed by atoms with E-state index in [9.17, 15) is 8.42 Å². The molecule has 0 bridgehead atoms. The van der Waals surface area contributed by atoms with Crippen molar-refractivity contribution in [3.05, 3.63) is 34.4 Å². The van der Waals surface area contributed by atoms with E-state index in [1.807, 2.05) is 0 Å². The molecule has 1 aliphatic rings. The van der Waals surface area contributed by atoms with Gasteiger partial charge in [0.05, 0.1) is 11.5 Å². The third-order valence-corrected chi connectivity index (χ3v) is 5.84. The standard InChI is InChI=1S/C16H25N3O2S/c1-11-7-12(2)15(13(3)8-11)9-18-16(17-4)19-14-5-6-22(20,21)10-14/h7-8,14H,5-6,9-10H2,1-4H3,(H2,17,18,19). The summed E-state index contributed by atoms with van der Waals surface area (Å²) in [6.45, 7) is 6.99. The first-order chi connectivity index (χ1) is 10.3. The van der Waals surface area contributed by atoms with E-state index in [2.05, 4.69) is 48.5 Å². The van der Waals surface area contributed by atoms with Crippen molar-refractivity contribution in [1.29, 1.82) is 0 Å². The van der Waals surface area contributed by atoms with Crippen LogP contribution in [-0.2, 0) is 16.4 Å². The number of aryl methyl sites for hydroxylation is 3. The molecule has 0 spiro atoms. The zero-order valence-electron chi connectivity index (χ0n) is 13.7. The number of guanidine groups is 1. The first-order valence-corrected chi connectivity index (χ1v) is 9.37. The predicted octanol–water partition coefficient (Wildman–Crippen LogP) is 1.46. The molecule has 1 saturated heterocycles. The lowest BCUT2D eigenvalue weighted by Gasteiger charge is -2.18. The monoisotopic (exact) mass is 323 g/mol. The average molecular weight is 323 g/mol. The first-order valence-electron chi connectivity index (χ1n) is 7.55. The Labute approximate surface area is 133 Å². The van der Waals surface area contributed by atoms with Crippen LogP contribution in [0.5, 0.6) is 0 Å². The lowest BCUT2D eigenvalue weighted by atomic mass is 10.00. The Balaban J connectivity index is 1.98. The van der Waals surface area contributed by atoms with Gasteiger partial charge in [0.25, 0.3) is 0 Å². The van der Waals surface area contributed by atoms with Crippen LogP contribution in [0.15, 0.2) is 17.1 Å². The summed E-state index contributed by atoms with van der Waals surface area (Å²) in [5, 5.41) is 6.49. The van der Waals surface area contributed by atoms with Crippen LogP contribution in [0.25, 0.3) is 0 Å². The molecule has 1 unspecified atom stereocenters. The van der Waals surface area contributed by atoms with Crippen molar-refractivity contribution < 1.29 is 8.42 Å². The van der Waals surface area contributed by atoms with Gasteiger partial charge in [0.1, 0.15) is 0 Å². The fraction of sp³-hybridized carbons (Fsp3) is 0.562. The second-order valence-electron chi connectivity index (χ2n) is 6.05. The highest BCUT2D eigenvalue weighted by Gasteiger charge is 2.28. The topological polar surface area (TPSA) is 70.6 Å². The van der Waals surface area contributed by atoms with Crippen molar-refractivity contribution in [2.75, 3.05) is 18.6 Å². The fourth-order valence-corrected chi connectivity index (χ4v) is 4.63. The summed E-state index contributed by atoms with van der Waals surface area (Å²) >= 11 is 0.